The fourth-order valence-corrected chi connectivity index (χ4v) is 3.46. The number of amides is 2. The average molecular weight is 380 g/mol. The molecule has 0 aliphatic rings. The van der Waals surface area contributed by atoms with E-state index >= 15 is 0 Å². The second-order valence-corrected chi connectivity index (χ2v) is 6.79. The Hall–Kier alpha value is -3.75. The Morgan fingerprint density at radius 2 is 1.00 bits per heavy atom. The zero-order valence-corrected chi connectivity index (χ0v) is 16.0. The van der Waals surface area contributed by atoms with Crippen molar-refractivity contribution in [2.75, 3.05) is 10.6 Å². The molecule has 0 spiro atoms. The molecule has 2 amide bonds. The summed E-state index contributed by atoms with van der Waals surface area (Å²) in [5.74, 6) is 0. The van der Waals surface area contributed by atoms with Gasteiger partial charge in [-0.2, -0.15) is 0 Å². The highest BCUT2D eigenvalue weighted by Crippen LogP contribution is 2.20. The number of aromatic nitrogens is 4. The number of anilines is 2. The molecule has 2 aromatic carbocycles. The maximum Gasteiger partial charge on any atom is 0.328 e. The fraction of sp³-hybridized carbons (Fsp3) is 0.211. The second kappa shape index (κ2) is 6.15. The van der Waals surface area contributed by atoms with Crippen LogP contribution in [0.4, 0.5) is 16.2 Å². The molecule has 2 N–H and O–H groups in total. The van der Waals surface area contributed by atoms with Crippen LogP contribution in [0.2, 0.25) is 0 Å². The molecule has 0 radical (unpaired) electrons. The minimum absolute atomic E-state index is 0.127. The molecule has 0 atom stereocenters. The van der Waals surface area contributed by atoms with Gasteiger partial charge in [-0.15, -0.1) is 0 Å². The molecule has 0 fully saturated rings. The van der Waals surface area contributed by atoms with Gasteiger partial charge < -0.3 is 10.6 Å². The SMILES string of the molecule is Cn1c(=O)n(C)c2cc(NC(=O)Nc3ccc4c(c3)n(C)c(=O)n4C)ccc21. The molecule has 0 saturated carbocycles. The smallest absolute Gasteiger partial charge is 0.308 e. The molecule has 4 aromatic rings. The fourth-order valence-electron chi connectivity index (χ4n) is 3.46. The number of fused-ring (bicyclic) bond motifs is 2. The summed E-state index contributed by atoms with van der Waals surface area (Å²) in [6.45, 7) is 0. The molecule has 0 unspecified atom stereocenters. The molecule has 28 heavy (non-hydrogen) atoms. The molecule has 0 aliphatic carbocycles. The quantitative estimate of drug-likeness (QED) is 0.554. The van der Waals surface area contributed by atoms with Crippen LogP contribution in [0.15, 0.2) is 46.0 Å². The number of imidazole rings is 2. The number of carbonyl (C=O) groups excluding carboxylic acids is 1. The highest BCUT2D eigenvalue weighted by Gasteiger charge is 2.11. The average Bonchev–Trinajstić information content (AvgIpc) is 3.02. The van der Waals surface area contributed by atoms with E-state index < -0.39 is 6.03 Å². The lowest BCUT2D eigenvalue weighted by molar-refractivity contribution is 0.262. The van der Waals surface area contributed by atoms with Crippen molar-refractivity contribution in [3.63, 3.8) is 0 Å². The van der Waals surface area contributed by atoms with Crippen molar-refractivity contribution in [3.8, 4) is 0 Å². The van der Waals surface area contributed by atoms with Gasteiger partial charge in [-0.1, -0.05) is 0 Å². The normalized spacial score (nSPS) is 11.3. The number of hydrogen-bond acceptors (Lipinski definition) is 3. The van der Waals surface area contributed by atoms with E-state index in [1.54, 1.807) is 73.7 Å². The van der Waals surface area contributed by atoms with Gasteiger partial charge in [-0.3, -0.25) is 18.3 Å². The summed E-state index contributed by atoms with van der Waals surface area (Å²) in [7, 11) is 6.79. The van der Waals surface area contributed by atoms with E-state index in [9.17, 15) is 14.4 Å². The number of urea groups is 1. The third-order valence-electron chi connectivity index (χ3n) is 5.06. The number of nitrogens with zero attached hydrogens (tertiary/aromatic N) is 4. The van der Waals surface area contributed by atoms with Gasteiger partial charge in [-0.25, -0.2) is 14.4 Å². The van der Waals surface area contributed by atoms with Crippen LogP contribution >= 0.6 is 0 Å². The first-order chi connectivity index (χ1) is 13.3. The number of carbonyl (C=O) groups is 1. The lowest BCUT2D eigenvalue weighted by atomic mass is 10.2. The first-order valence-electron chi connectivity index (χ1n) is 8.67. The molecular weight excluding hydrogens is 360 g/mol. The highest BCUT2D eigenvalue weighted by atomic mass is 16.2. The summed E-state index contributed by atoms with van der Waals surface area (Å²) in [5, 5.41) is 5.54. The van der Waals surface area contributed by atoms with Gasteiger partial charge in [0.25, 0.3) is 0 Å². The first-order valence-corrected chi connectivity index (χ1v) is 8.67. The predicted molar refractivity (Wildman–Crippen MR) is 109 cm³/mol. The maximum absolute atomic E-state index is 12.4. The van der Waals surface area contributed by atoms with E-state index in [2.05, 4.69) is 10.6 Å². The third-order valence-corrected chi connectivity index (χ3v) is 5.06. The summed E-state index contributed by atoms with van der Waals surface area (Å²) in [4.78, 5) is 36.4. The van der Waals surface area contributed by atoms with Crippen molar-refractivity contribution >= 4 is 39.5 Å². The summed E-state index contributed by atoms with van der Waals surface area (Å²) in [5.41, 5.74) is 3.91. The first kappa shape index (κ1) is 17.7. The van der Waals surface area contributed by atoms with Crippen molar-refractivity contribution in [1.82, 2.24) is 18.3 Å². The third kappa shape index (κ3) is 2.59. The molecule has 0 saturated heterocycles. The molecule has 2 aromatic heterocycles. The zero-order chi connectivity index (χ0) is 20.2. The van der Waals surface area contributed by atoms with Gasteiger partial charge >= 0.3 is 17.4 Å². The van der Waals surface area contributed by atoms with Crippen molar-refractivity contribution < 1.29 is 4.79 Å². The summed E-state index contributed by atoms with van der Waals surface area (Å²) >= 11 is 0. The van der Waals surface area contributed by atoms with Crippen molar-refractivity contribution in [1.29, 1.82) is 0 Å². The van der Waals surface area contributed by atoms with Gasteiger partial charge in [0, 0.05) is 39.6 Å². The summed E-state index contributed by atoms with van der Waals surface area (Å²) in [6, 6.07) is 10.1. The Morgan fingerprint density at radius 3 is 1.39 bits per heavy atom. The van der Waals surface area contributed by atoms with Crippen LogP contribution in [-0.4, -0.2) is 24.3 Å². The van der Waals surface area contributed by atoms with E-state index in [0.717, 1.165) is 22.1 Å². The number of rotatable bonds is 2. The monoisotopic (exact) mass is 380 g/mol. The van der Waals surface area contributed by atoms with Crippen molar-refractivity contribution in [2.24, 2.45) is 28.2 Å². The van der Waals surface area contributed by atoms with Gasteiger partial charge in [-0.05, 0) is 36.4 Å². The van der Waals surface area contributed by atoms with Crippen molar-refractivity contribution in [2.45, 2.75) is 0 Å². The molecule has 9 heteroatoms. The highest BCUT2D eigenvalue weighted by molar-refractivity contribution is 6.01. The molecule has 144 valence electrons. The minimum Gasteiger partial charge on any atom is -0.308 e. The molecule has 2 heterocycles. The van der Waals surface area contributed by atoms with Crippen LogP contribution < -0.4 is 22.0 Å². The molecule has 4 rings (SSSR count). The number of hydrogen-bond donors (Lipinski definition) is 2. The summed E-state index contributed by atoms with van der Waals surface area (Å²) < 4.78 is 6.17. The van der Waals surface area contributed by atoms with Crippen LogP contribution in [0.25, 0.3) is 22.1 Å². The largest absolute Gasteiger partial charge is 0.328 e. The Morgan fingerprint density at radius 1 is 0.643 bits per heavy atom. The maximum atomic E-state index is 12.4. The Labute approximate surface area is 159 Å². The van der Waals surface area contributed by atoms with Gasteiger partial charge in [0.1, 0.15) is 0 Å². The molecule has 0 bridgehead atoms. The Kier molecular flexibility index (Phi) is 3.88. The Bertz CT molecular complexity index is 1260. The lowest BCUT2D eigenvalue weighted by Gasteiger charge is -2.09. The van der Waals surface area contributed by atoms with Crippen LogP contribution in [0.5, 0.6) is 0 Å². The number of nitrogens with one attached hydrogen (secondary N) is 2. The van der Waals surface area contributed by atoms with E-state index in [0.29, 0.717) is 11.4 Å². The number of aryl methyl sites for hydroxylation is 4. The second-order valence-electron chi connectivity index (χ2n) is 6.79. The lowest BCUT2D eigenvalue weighted by Crippen LogP contribution is -2.20. The molecular formula is C19H20N6O3. The summed E-state index contributed by atoms with van der Waals surface area (Å²) in [6.07, 6.45) is 0. The van der Waals surface area contributed by atoms with Crippen LogP contribution in [0, 0.1) is 0 Å². The van der Waals surface area contributed by atoms with Gasteiger partial charge in [0.2, 0.25) is 0 Å². The number of benzene rings is 2. The van der Waals surface area contributed by atoms with E-state index in [1.807, 2.05) is 0 Å². The van der Waals surface area contributed by atoms with Crippen LogP contribution in [0.3, 0.4) is 0 Å². The van der Waals surface area contributed by atoms with E-state index in [4.69, 9.17) is 0 Å². The topological polar surface area (TPSA) is 95.0 Å². The standard InChI is InChI=1S/C19H20N6O3/c1-22-13-7-5-11(9-15(13)24(3)18(22)27)20-17(26)21-12-6-8-14-16(10-12)25(4)19(28)23(14)2/h5-10H,1-4H3,(H2,20,21,26). The molecule has 9 nitrogen and oxygen atoms in total. The van der Waals surface area contributed by atoms with Crippen molar-refractivity contribution in [3.05, 3.63) is 57.4 Å². The van der Waals surface area contributed by atoms with Gasteiger partial charge in [0.15, 0.2) is 0 Å². The zero-order valence-electron chi connectivity index (χ0n) is 16.0. The minimum atomic E-state index is -0.416. The van der Waals surface area contributed by atoms with Crippen LogP contribution in [0.1, 0.15) is 0 Å². The van der Waals surface area contributed by atoms with Gasteiger partial charge in [0.05, 0.1) is 22.1 Å². The van der Waals surface area contributed by atoms with E-state index in [-0.39, 0.29) is 11.4 Å². The Balaban J connectivity index is 1.59. The van der Waals surface area contributed by atoms with Crippen LogP contribution in [-0.2, 0) is 28.2 Å². The predicted octanol–water partition coefficient (Wildman–Crippen LogP) is 1.71. The van der Waals surface area contributed by atoms with E-state index in [1.165, 1.54) is 9.13 Å². The molecule has 0 aliphatic heterocycles.